The van der Waals surface area contributed by atoms with Crippen molar-refractivity contribution >= 4 is 17.7 Å². The van der Waals surface area contributed by atoms with E-state index in [-0.39, 0.29) is 0 Å². The second kappa shape index (κ2) is 5.51. The minimum atomic E-state index is -1.10. The fraction of sp³-hybridized carbons (Fsp3) is 0.308. The van der Waals surface area contributed by atoms with Crippen LogP contribution < -0.4 is 0 Å². The van der Waals surface area contributed by atoms with Crippen LogP contribution in [0.2, 0.25) is 0 Å². The molecule has 100 valence electrons. The van der Waals surface area contributed by atoms with E-state index in [9.17, 15) is 9.59 Å². The lowest BCUT2D eigenvalue weighted by atomic mass is 9.92. The Balaban J connectivity index is 2.34. The molecule has 2 atom stereocenters. The van der Waals surface area contributed by atoms with Gasteiger partial charge in [-0.15, -0.1) is 0 Å². The second-order valence-electron chi connectivity index (χ2n) is 3.89. The normalized spacial score (nSPS) is 21.3. The first-order valence-electron chi connectivity index (χ1n) is 5.63. The maximum Gasteiger partial charge on any atom is 0.351 e. The van der Waals surface area contributed by atoms with Gasteiger partial charge in [-0.25, -0.2) is 4.79 Å². The molecule has 0 saturated carbocycles. The summed E-state index contributed by atoms with van der Waals surface area (Å²) in [6.45, 7) is 0. The van der Waals surface area contributed by atoms with Gasteiger partial charge in [0.05, 0.1) is 14.2 Å². The average Bonchev–Trinajstić information content (AvgIpc) is 2.91. The van der Waals surface area contributed by atoms with Crippen molar-refractivity contribution in [1.29, 1.82) is 0 Å². The van der Waals surface area contributed by atoms with Gasteiger partial charge in [-0.1, -0.05) is 35.5 Å². The molecule has 1 aromatic carbocycles. The Bertz CT molecular complexity index is 511. The van der Waals surface area contributed by atoms with Crippen molar-refractivity contribution in [2.24, 2.45) is 11.1 Å². The van der Waals surface area contributed by atoms with Gasteiger partial charge in [0.2, 0.25) is 6.10 Å². The van der Waals surface area contributed by atoms with Crippen LogP contribution in [0.4, 0.5) is 0 Å². The number of hydrogen-bond donors (Lipinski definition) is 0. The van der Waals surface area contributed by atoms with Crippen molar-refractivity contribution in [3.8, 4) is 0 Å². The highest BCUT2D eigenvalue weighted by Gasteiger charge is 2.46. The number of ether oxygens (including phenoxy) is 2. The highest BCUT2D eigenvalue weighted by atomic mass is 16.7. The molecule has 1 heterocycles. The summed E-state index contributed by atoms with van der Waals surface area (Å²) in [5.41, 5.74) is 1.06. The maximum atomic E-state index is 11.8. The zero-order valence-electron chi connectivity index (χ0n) is 10.5. The number of rotatable bonds is 3. The number of nitrogens with zero attached hydrogens (tertiary/aromatic N) is 1. The third-order valence-electron chi connectivity index (χ3n) is 2.82. The van der Waals surface area contributed by atoms with Gasteiger partial charge in [0.15, 0.2) is 5.92 Å². The minimum Gasteiger partial charge on any atom is -0.468 e. The summed E-state index contributed by atoms with van der Waals surface area (Å²) in [6.07, 6.45) is -1.10. The van der Waals surface area contributed by atoms with Crippen LogP contribution in [0.3, 0.4) is 0 Å². The lowest BCUT2D eigenvalue weighted by Gasteiger charge is -2.14. The highest BCUT2D eigenvalue weighted by molar-refractivity contribution is 6.15. The largest absolute Gasteiger partial charge is 0.468 e. The predicted octanol–water partition coefficient (Wildman–Crippen LogP) is 0.752. The van der Waals surface area contributed by atoms with E-state index in [4.69, 9.17) is 9.57 Å². The van der Waals surface area contributed by atoms with Gasteiger partial charge in [-0.3, -0.25) is 4.79 Å². The van der Waals surface area contributed by atoms with Crippen molar-refractivity contribution in [2.45, 2.75) is 6.10 Å². The van der Waals surface area contributed by atoms with Crippen LogP contribution in [0, 0.1) is 5.92 Å². The monoisotopic (exact) mass is 263 g/mol. The molecule has 1 aliphatic rings. The first kappa shape index (κ1) is 13.1. The molecule has 6 heteroatoms. The van der Waals surface area contributed by atoms with Crippen LogP contribution >= 0.6 is 0 Å². The van der Waals surface area contributed by atoms with E-state index in [1.54, 1.807) is 24.3 Å². The van der Waals surface area contributed by atoms with Crippen LogP contribution in [0.5, 0.6) is 0 Å². The number of oxime groups is 1. The Morgan fingerprint density at radius 3 is 2.32 bits per heavy atom. The summed E-state index contributed by atoms with van der Waals surface area (Å²) in [6, 6.07) is 9.00. The third-order valence-corrected chi connectivity index (χ3v) is 2.82. The van der Waals surface area contributed by atoms with Gasteiger partial charge < -0.3 is 14.3 Å². The van der Waals surface area contributed by atoms with Crippen LogP contribution in [0.15, 0.2) is 35.5 Å². The Kier molecular flexibility index (Phi) is 3.79. The minimum absolute atomic E-state index is 0.364. The molecule has 0 aliphatic carbocycles. The summed E-state index contributed by atoms with van der Waals surface area (Å²) < 4.78 is 9.30. The van der Waals surface area contributed by atoms with E-state index in [0.717, 1.165) is 0 Å². The molecule has 1 aliphatic heterocycles. The molecular formula is C13H13NO5. The first-order valence-corrected chi connectivity index (χ1v) is 5.63. The lowest BCUT2D eigenvalue weighted by molar-refractivity contribution is -0.161. The van der Waals surface area contributed by atoms with Crippen LogP contribution in [0.25, 0.3) is 0 Å². The molecule has 2 rings (SSSR count). The second-order valence-corrected chi connectivity index (χ2v) is 3.89. The fourth-order valence-electron chi connectivity index (χ4n) is 1.87. The van der Waals surface area contributed by atoms with Gasteiger partial charge in [0, 0.05) is 5.56 Å². The highest BCUT2D eigenvalue weighted by Crippen LogP contribution is 2.25. The lowest BCUT2D eigenvalue weighted by Crippen LogP contribution is -2.38. The molecule has 19 heavy (non-hydrogen) atoms. The third kappa shape index (κ3) is 2.42. The van der Waals surface area contributed by atoms with Crippen molar-refractivity contribution in [3.05, 3.63) is 35.9 Å². The Morgan fingerprint density at radius 1 is 1.11 bits per heavy atom. The fourth-order valence-corrected chi connectivity index (χ4v) is 1.87. The molecule has 0 bridgehead atoms. The van der Waals surface area contributed by atoms with Gasteiger partial charge >= 0.3 is 11.9 Å². The molecule has 0 aromatic heterocycles. The molecule has 0 radical (unpaired) electrons. The number of carbonyl (C=O) groups is 2. The first-order chi connectivity index (χ1) is 9.19. The molecule has 0 amide bonds. The number of benzene rings is 1. The Morgan fingerprint density at radius 2 is 1.74 bits per heavy atom. The summed E-state index contributed by atoms with van der Waals surface area (Å²) in [7, 11) is 2.47. The van der Waals surface area contributed by atoms with Crippen molar-refractivity contribution < 1.29 is 23.9 Å². The summed E-state index contributed by atoms with van der Waals surface area (Å²) in [5, 5.41) is 3.82. The average molecular weight is 263 g/mol. The summed E-state index contributed by atoms with van der Waals surface area (Å²) in [4.78, 5) is 28.5. The quantitative estimate of drug-likeness (QED) is 0.752. The number of esters is 2. The van der Waals surface area contributed by atoms with E-state index in [1.165, 1.54) is 14.2 Å². The zero-order chi connectivity index (χ0) is 13.8. The van der Waals surface area contributed by atoms with Crippen LogP contribution in [0.1, 0.15) is 5.56 Å². The van der Waals surface area contributed by atoms with Crippen LogP contribution in [-0.4, -0.2) is 38.0 Å². The Hall–Kier alpha value is -2.37. The molecule has 2 unspecified atom stereocenters. The van der Waals surface area contributed by atoms with E-state index in [2.05, 4.69) is 9.89 Å². The maximum absolute atomic E-state index is 11.8. The molecule has 1 aromatic rings. The van der Waals surface area contributed by atoms with Gasteiger partial charge in [-0.2, -0.15) is 0 Å². The van der Waals surface area contributed by atoms with Crippen molar-refractivity contribution in [1.82, 2.24) is 0 Å². The van der Waals surface area contributed by atoms with Crippen LogP contribution in [-0.2, 0) is 23.9 Å². The van der Waals surface area contributed by atoms with Gasteiger partial charge in [0.1, 0.15) is 5.71 Å². The topological polar surface area (TPSA) is 74.2 Å². The smallest absolute Gasteiger partial charge is 0.351 e. The van der Waals surface area contributed by atoms with E-state index in [0.29, 0.717) is 11.3 Å². The molecule has 0 spiro atoms. The number of hydrogen-bond acceptors (Lipinski definition) is 6. The molecule has 0 N–H and O–H groups in total. The van der Waals surface area contributed by atoms with E-state index < -0.39 is 24.0 Å². The number of carbonyl (C=O) groups excluding carboxylic acids is 2. The van der Waals surface area contributed by atoms with Gasteiger partial charge in [-0.05, 0) is 0 Å². The predicted molar refractivity (Wildman–Crippen MR) is 65.4 cm³/mol. The number of methoxy groups -OCH3 is 2. The molecule has 6 nitrogen and oxygen atoms in total. The van der Waals surface area contributed by atoms with E-state index >= 15 is 0 Å². The Labute approximate surface area is 109 Å². The van der Waals surface area contributed by atoms with E-state index in [1.807, 2.05) is 6.07 Å². The standard InChI is InChI=1S/C13H13NO5/c1-17-12(15)9-10(8-6-4-3-5-7-8)14-19-11(9)13(16)18-2/h3-7,9,11H,1-2H3. The molecular weight excluding hydrogens is 250 g/mol. The van der Waals surface area contributed by atoms with Crippen molar-refractivity contribution in [3.63, 3.8) is 0 Å². The molecule has 0 saturated heterocycles. The van der Waals surface area contributed by atoms with Gasteiger partial charge in [0.25, 0.3) is 0 Å². The molecule has 0 fully saturated rings. The zero-order valence-corrected chi connectivity index (χ0v) is 10.5. The SMILES string of the molecule is COC(=O)C1ON=C(c2ccccc2)C1C(=O)OC. The summed E-state index contributed by atoms with van der Waals surface area (Å²) >= 11 is 0. The van der Waals surface area contributed by atoms with Crippen molar-refractivity contribution in [2.75, 3.05) is 14.2 Å². The summed E-state index contributed by atoms with van der Waals surface area (Å²) in [5.74, 6) is -2.17.